The Labute approximate surface area is 113 Å². The highest BCUT2D eigenvalue weighted by molar-refractivity contribution is 6.32. The highest BCUT2D eigenvalue weighted by Crippen LogP contribution is 2.36. The molecule has 0 aliphatic heterocycles. The average molecular weight is 300 g/mol. The van der Waals surface area contributed by atoms with E-state index < -0.39 is 18.8 Å². The molecule has 0 amide bonds. The first-order valence-corrected chi connectivity index (χ1v) is 5.57. The number of methoxy groups -OCH3 is 2. The number of rotatable bonds is 5. The summed E-state index contributed by atoms with van der Waals surface area (Å²) in [6, 6.07) is 2.80. The molecule has 0 saturated carbocycles. The minimum Gasteiger partial charge on any atom is -0.495 e. The van der Waals surface area contributed by atoms with Crippen molar-refractivity contribution in [1.29, 1.82) is 0 Å². The van der Waals surface area contributed by atoms with Crippen LogP contribution in [0.4, 0.5) is 18.9 Å². The number of alkyl halides is 3. The van der Waals surface area contributed by atoms with Crippen LogP contribution in [0.15, 0.2) is 12.1 Å². The predicted octanol–water partition coefficient (Wildman–Crippen LogP) is 2.69. The standard InChI is InChI=1S/C11H13ClF3NO3/c1-18-8-4-7(9(19-2)3-6(8)12)16-5-10(17)11(13,14)15/h3-4,10,16-17H,5H2,1-2H3. The van der Waals surface area contributed by atoms with Crippen LogP contribution in [0.25, 0.3) is 0 Å². The maximum atomic E-state index is 12.2. The molecule has 0 radical (unpaired) electrons. The zero-order valence-electron chi connectivity index (χ0n) is 10.2. The Kier molecular flexibility index (Phi) is 5.13. The molecule has 0 heterocycles. The lowest BCUT2D eigenvalue weighted by Crippen LogP contribution is -2.35. The number of hydrogen-bond donors (Lipinski definition) is 2. The maximum Gasteiger partial charge on any atom is 0.416 e. The van der Waals surface area contributed by atoms with Gasteiger partial charge in [-0.05, 0) is 0 Å². The highest BCUT2D eigenvalue weighted by Gasteiger charge is 2.37. The number of halogens is 4. The molecule has 0 aliphatic rings. The summed E-state index contributed by atoms with van der Waals surface area (Å²) in [6.45, 7) is -0.704. The number of aliphatic hydroxyl groups is 1. The summed E-state index contributed by atoms with van der Waals surface area (Å²) >= 11 is 5.85. The number of aliphatic hydroxyl groups excluding tert-OH is 1. The fraction of sp³-hybridized carbons (Fsp3) is 0.455. The quantitative estimate of drug-likeness (QED) is 0.878. The third-order valence-corrected chi connectivity index (χ3v) is 2.63. The van der Waals surface area contributed by atoms with Gasteiger partial charge in [0, 0.05) is 18.7 Å². The Morgan fingerprint density at radius 2 is 1.84 bits per heavy atom. The Bertz CT molecular complexity index is 440. The summed E-state index contributed by atoms with van der Waals surface area (Å²) in [7, 11) is 2.73. The topological polar surface area (TPSA) is 50.7 Å². The highest BCUT2D eigenvalue weighted by atomic mass is 35.5. The molecular formula is C11H13ClF3NO3. The van der Waals surface area contributed by atoms with Gasteiger partial charge in [-0.2, -0.15) is 13.2 Å². The molecule has 0 fully saturated rings. The van der Waals surface area contributed by atoms with E-state index in [1.807, 2.05) is 0 Å². The van der Waals surface area contributed by atoms with Crippen molar-refractivity contribution in [3.63, 3.8) is 0 Å². The molecule has 1 aromatic rings. The molecule has 1 unspecified atom stereocenters. The van der Waals surface area contributed by atoms with E-state index in [-0.39, 0.29) is 22.2 Å². The van der Waals surface area contributed by atoms with Crippen LogP contribution in [-0.2, 0) is 0 Å². The van der Waals surface area contributed by atoms with E-state index in [0.29, 0.717) is 0 Å². The summed E-state index contributed by atoms with van der Waals surface area (Å²) in [4.78, 5) is 0. The van der Waals surface area contributed by atoms with Gasteiger partial charge in [0.1, 0.15) is 11.5 Å². The monoisotopic (exact) mass is 299 g/mol. The van der Waals surface area contributed by atoms with Gasteiger partial charge in [-0.1, -0.05) is 11.6 Å². The first-order valence-electron chi connectivity index (χ1n) is 5.19. The largest absolute Gasteiger partial charge is 0.495 e. The lowest BCUT2D eigenvalue weighted by molar-refractivity contribution is -0.198. The van der Waals surface area contributed by atoms with E-state index >= 15 is 0 Å². The van der Waals surface area contributed by atoms with Crippen LogP contribution in [0.5, 0.6) is 11.5 Å². The van der Waals surface area contributed by atoms with E-state index in [0.717, 1.165) is 0 Å². The smallest absolute Gasteiger partial charge is 0.416 e. The van der Waals surface area contributed by atoms with Gasteiger partial charge in [0.2, 0.25) is 0 Å². The lowest BCUT2D eigenvalue weighted by atomic mass is 10.2. The van der Waals surface area contributed by atoms with Crippen LogP contribution >= 0.6 is 11.6 Å². The van der Waals surface area contributed by atoms with Crippen LogP contribution in [0.1, 0.15) is 0 Å². The Balaban J connectivity index is 2.88. The second kappa shape index (κ2) is 6.21. The average Bonchev–Trinajstić information content (AvgIpc) is 2.35. The molecule has 8 heteroatoms. The zero-order valence-corrected chi connectivity index (χ0v) is 11.0. The third-order valence-electron chi connectivity index (χ3n) is 2.34. The van der Waals surface area contributed by atoms with Gasteiger partial charge in [0.05, 0.1) is 24.9 Å². The maximum absolute atomic E-state index is 12.2. The molecule has 0 bridgehead atoms. The fourth-order valence-electron chi connectivity index (χ4n) is 1.32. The van der Waals surface area contributed by atoms with E-state index in [1.54, 1.807) is 0 Å². The second-order valence-corrected chi connectivity index (χ2v) is 4.03. The zero-order chi connectivity index (χ0) is 14.6. The molecule has 0 spiro atoms. The van der Waals surface area contributed by atoms with E-state index in [4.69, 9.17) is 26.2 Å². The van der Waals surface area contributed by atoms with Crippen LogP contribution < -0.4 is 14.8 Å². The van der Waals surface area contributed by atoms with E-state index in [2.05, 4.69) is 5.32 Å². The van der Waals surface area contributed by atoms with Gasteiger partial charge >= 0.3 is 6.18 Å². The molecular weight excluding hydrogens is 287 g/mol. The summed E-state index contributed by atoms with van der Waals surface area (Å²) in [5, 5.41) is 11.6. The first kappa shape index (κ1) is 15.7. The predicted molar refractivity (Wildman–Crippen MR) is 65.1 cm³/mol. The minimum atomic E-state index is -4.68. The molecule has 0 saturated heterocycles. The number of hydrogen-bond acceptors (Lipinski definition) is 4. The summed E-state index contributed by atoms with van der Waals surface area (Å²) < 4.78 is 46.5. The van der Waals surface area contributed by atoms with Crippen molar-refractivity contribution in [3.8, 4) is 11.5 Å². The van der Waals surface area contributed by atoms with Crippen LogP contribution in [0, 0.1) is 0 Å². The normalized spacial score (nSPS) is 13.0. The molecule has 4 nitrogen and oxygen atoms in total. The number of ether oxygens (including phenoxy) is 2. The van der Waals surface area contributed by atoms with Crippen molar-refractivity contribution >= 4 is 17.3 Å². The van der Waals surface area contributed by atoms with Crippen molar-refractivity contribution in [2.45, 2.75) is 12.3 Å². The SMILES string of the molecule is COc1cc(NCC(O)C(F)(F)F)c(OC)cc1Cl. The fourth-order valence-corrected chi connectivity index (χ4v) is 1.55. The lowest BCUT2D eigenvalue weighted by Gasteiger charge is -2.18. The van der Waals surface area contributed by atoms with Crippen LogP contribution in [-0.4, -0.2) is 38.2 Å². The molecule has 1 rings (SSSR count). The van der Waals surface area contributed by atoms with E-state index in [9.17, 15) is 13.2 Å². The molecule has 108 valence electrons. The first-order chi connectivity index (χ1) is 8.79. The Morgan fingerprint density at radius 1 is 1.26 bits per heavy atom. The van der Waals surface area contributed by atoms with E-state index in [1.165, 1.54) is 26.4 Å². The van der Waals surface area contributed by atoms with Gasteiger partial charge in [0.25, 0.3) is 0 Å². The summed E-state index contributed by atoms with van der Waals surface area (Å²) in [6.07, 6.45) is -7.16. The van der Waals surface area contributed by atoms with Crippen molar-refractivity contribution < 1.29 is 27.8 Å². The van der Waals surface area contributed by atoms with Gasteiger partial charge in [-0.3, -0.25) is 0 Å². The molecule has 1 aromatic carbocycles. The van der Waals surface area contributed by atoms with Crippen molar-refractivity contribution in [1.82, 2.24) is 0 Å². The molecule has 1 atom stereocenters. The number of anilines is 1. The van der Waals surface area contributed by atoms with Crippen molar-refractivity contribution in [2.75, 3.05) is 26.1 Å². The van der Waals surface area contributed by atoms with Gasteiger partial charge in [-0.25, -0.2) is 0 Å². The number of benzene rings is 1. The van der Waals surface area contributed by atoms with Crippen molar-refractivity contribution in [2.24, 2.45) is 0 Å². The molecule has 0 aromatic heterocycles. The van der Waals surface area contributed by atoms with Crippen LogP contribution in [0.2, 0.25) is 5.02 Å². The minimum absolute atomic E-state index is 0.243. The molecule has 2 N–H and O–H groups in total. The molecule has 19 heavy (non-hydrogen) atoms. The number of nitrogens with one attached hydrogen (secondary N) is 1. The van der Waals surface area contributed by atoms with Gasteiger partial charge < -0.3 is 19.9 Å². The van der Waals surface area contributed by atoms with Gasteiger partial charge in [-0.15, -0.1) is 0 Å². The third kappa shape index (κ3) is 4.07. The Morgan fingerprint density at radius 3 is 2.32 bits per heavy atom. The summed E-state index contributed by atoms with van der Waals surface area (Å²) in [5.74, 6) is 0.534. The molecule has 0 aliphatic carbocycles. The van der Waals surface area contributed by atoms with Crippen molar-refractivity contribution in [3.05, 3.63) is 17.2 Å². The Hall–Kier alpha value is -1.34. The van der Waals surface area contributed by atoms with Crippen LogP contribution in [0.3, 0.4) is 0 Å². The summed E-state index contributed by atoms with van der Waals surface area (Å²) in [5.41, 5.74) is 0.243. The second-order valence-electron chi connectivity index (χ2n) is 3.63. The van der Waals surface area contributed by atoms with Gasteiger partial charge in [0.15, 0.2) is 6.10 Å².